The zero-order chi connectivity index (χ0) is 17.6. The summed E-state index contributed by atoms with van der Waals surface area (Å²) in [5.74, 6) is 1.88. The molecule has 3 aromatic rings. The second-order valence-electron chi connectivity index (χ2n) is 6.27. The van der Waals surface area contributed by atoms with E-state index in [-0.39, 0.29) is 0 Å². The first-order valence-electron chi connectivity index (χ1n) is 8.81. The molecule has 1 aromatic carbocycles. The van der Waals surface area contributed by atoms with Gasteiger partial charge in [0.25, 0.3) is 0 Å². The van der Waals surface area contributed by atoms with Crippen LogP contribution in [-0.2, 0) is 0 Å². The topological polar surface area (TPSA) is 72.0 Å². The highest BCUT2D eigenvalue weighted by Gasteiger charge is 2.14. The minimum atomic E-state index is 0.593. The number of piperidine rings is 1. The molecule has 0 bridgehead atoms. The van der Waals surface area contributed by atoms with Gasteiger partial charge in [-0.25, -0.2) is 15.0 Å². The molecule has 0 amide bonds. The molecule has 6 nitrogen and oxygen atoms in total. The SMILES string of the molecule is c1ccc(-c2cnc(Nc3cc(OCC4CCNCC4)ncn3)s2)cc1. The molecule has 0 unspecified atom stereocenters. The van der Waals surface area contributed by atoms with E-state index < -0.39 is 0 Å². The van der Waals surface area contributed by atoms with Crippen LogP contribution in [0, 0.1) is 5.92 Å². The molecule has 2 aromatic heterocycles. The van der Waals surface area contributed by atoms with Crippen LogP contribution in [-0.4, -0.2) is 34.6 Å². The fourth-order valence-electron chi connectivity index (χ4n) is 2.92. The molecule has 134 valence electrons. The Morgan fingerprint density at radius 1 is 1.12 bits per heavy atom. The van der Waals surface area contributed by atoms with Crippen molar-refractivity contribution < 1.29 is 4.74 Å². The van der Waals surface area contributed by atoms with Crippen molar-refractivity contribution in [2.24, 2.45) is 5.92 Å². The lowest BCUT2D eigenvalue weighted by molar-refractivity contribution is 0.209. The molecular weight excluding hydrogens is 346 g/mol. The van der Waals surface area contributed by atoms with Gasteiger partial charge in [-0.1, -0.05) is 41.7 Å². The first kappa shape index (κ1) is 16.9. The molecule has 0 atom stereocenters. The highest BCUT2D eigenvalue weighted by molar-refractivity contribution is 7.18. The number of nitrogens with zero attached hydrogens (tertiary/aromatic N) is 3. The number of hydrogen-bond donors (Lipinski definition) is 2. The van der Waals surface area contributed by atoms with Crippen molar-refractivity contribution in [2.75, 3.05) is 25.0 Å². The van der Waals surface area contributed by atoms with Gasteiger partial charge in [0.1, 0.15) is 12.1 Å². The lowest BCUT2D eigenvalue weighted by atomic mass is 9.99. The van der Waals surface area contributed by atoms with E-state index >= 15 is 0 Å². The highest BCUT2D eigenvalue weighted by Crippen LogP contribution is 2.30. The third kappa shape index (κ3) is 4.36. The monoisotopic (exact) mass is 367 g/mol. The summed E-state index contributed by atoms with van der Waals surface area (Å²) in [5, 5.41) is 7.40. The van der Waals surface area contributed by atoms with E-state index in [4.69, 9.17) is 4.74 Å². The van der Waals surface area contributed by atoms with Crippen molar-refractivity contribution in [2.45, 2.75) is 12.8 Å². The maximum Gasteiger partial charge on any atom is 0.218 e. The predicted octanol–water partition coefficient (Wildman–Crippen LogP) is 3.72. The largest absolute Gasteiger partial charge is 0.477 e. The zero-order valence-corrected chi connectivity index (χ0v) is 15.2. The summed E-state index contributed by atoms with van der Waals surface area (Å²) in [4.78, 5) is 14.0. The minimum absolute atomic E-state index is 0.593. The highest BCUT2D eigenvalue weighted by atomic mass is 32.1. The first-order valence-corrected chi connectivity index (χ1v) is 9.62. The van der Waals surface area contributed by atoms with Crippen LogP contribution in [0.25, 0.3) is 10.4 Å². The molecule has 3 heterocycles. The Hall–Kier alpha value is -2.51. The summed E-state index contributed by atoms with van der Waals surface area (Å²) in [6, 6.07) is 12.0. The van der Waals surface area contributed by atoms with Gasteiger partial charge in [0.05, 0.1) is 11.5 Å². The minimum Gasteiger partial charge on any atom is -0.477 e. The lowest BCUT2D eigenvalue weighted by Gasteiger charge is -2.22. The smallest absolute Gasteiger partial charge is 0.218 e. The molecule has 7 heteroatoms. The molecule has 2 N–H and O–H groups in total. The van der Waals surface area contributed by atoms with Crippen LogP contribution in [0.4, 0.5) is 10.9 Å². The van der Waals surface area contributed by atoms with Gasteiger partial charge in [0.15, 0.2) is 5.13 Å². The molecule has 1 fully saturated rings. The van der Waals surface area contributed by atoms with Crippen LogP contribution < -0.4 is 15.4 Å². The van der Waals surface area contributed by atoms with Crippen LogP contribution in [0.15, 0.2) is 48.9 Å². The third-order valence-electron chi connectivity index (χ3n) is 4.37. The van der Waals surface area contributed by atoms with Crippen LogP contribution >= 0.6 is 11.3 Å². The molecule has 1 aliphatic rings. The Morgan fingerprint density at radius 3 is 2.81 bits per heavy atom. The number of thiazole rings is 1. The number of nitrogens with one attached hydrogen (secondary N) is 2. The van der Waals surface area contributed by atoms with E-state index in [1.807, 2.05) is 30.5 Å². The summed E-state index contributed by atoms with van der Waals surface area (Å²) < 4.78 is 5.86. The average molecular weight is 367 g/mol. The molecule has 26 heavy (non-hydrogen) atoms. The van der Waals surface area contributed by atoms with Crippen LogP contribution in [0.3, 0.4) is 0 Å². The van der Waals surface area contributed by atoms with Crippen LogP contribution in [0.2, 0.25) is 0 Å². The maximum absolute atomic E-state index is 5.86. The second kappa shape index (κ2) is 8.25. The molecule has 1 aliphatic heterocycles. The van der Waals surface area contributed by atoms with E-state index in [0.717, 1.165) is 41.5 Å². The summed E-state index contributed by atoms with van der Waals surface area (Å²) in [7, 11) is 0. The number of anilines is 2. The van der Waals surface area contributed by atoms with Gasteiger partial charge in [0.2, 0.25) is 5.88 Å². The van der Waals surface area contributed by atoms with Gasteiger partial charge in [-0.2, -0.15) is 0 Å². The molecule has 1 saturated heterocycles. The number of benzene rings is 1. The Labute approximate surface area is 156 Å². The van der Waals surface area contributed by atoms with E-state index in [9.17, 15) is 0 Å². The quantitative estimate of drug-likeness (QED) is 0.692. The maximum atomic E-state index is 5.86. The van der Waals surface area contributed by atoms with E-state index in [2.05, 4.69) is 37.7 Å². The second-order valence-corrected chi connectivity index (χ2v) is 7.30. The number of rotatable bonds is 6. The van der Waals surface area contributed by atoms with E-state index in [0.29, 0.717) is 24.2 Å². The summed E-state index contributed by atoms with van der Waals surface area (Å²) in [5.41, 5.74) is 1.16. The number of hydrogen-bond acceptors (Lipinski definition) is 7. The van der Waals surface area contributed by atoms with Gasteiger partial charge in [-0.05, 0) is 37.4 Å². The van der Waals surface area contributed by atoms with Crippen LogP contribution in [0.1, 0.15) is 12.8 Å². The van der Waals surface area contributed by atoms with Gasteiger partial charge >= 0.3 is 0 Å². The van der Waals surface area contributed by atoms with Gasteiger partial charge in [-0.3, -0.25) is 0 Å². The van der Waals surface area contributed by atoms with E-state index in [1.165, 1.54) is 6.33 Å². The molecule has 4 rings (SSSR count). The molecule has 0 saturated carbocycles. The van der Waals surface area contributed by atoms with Crippen molar-refractivity contribution in [1.29, 1.82) is 0 Å². The Kier molecular flexibility index (Phi) is 5.37. The predicted molar refractivity (Wildman–Crippen MR) is 104 cm³/mol. The van der Waals surface area contributed by atoms with E-state index in [1.54, 1.807) is 11.3 Å². The third-order valence-corrected chi connectivity index (χ3v) is 5.33. The number of ether oxygens (including phenoxy) is 1. The Morgan fingerprint density at radius 2 is 1.96 bits per heavy atom. The van der Waals surface area contributed by atoms with Crippen molar-refractivity contribution in [1.82, 2.24) is 20.3 Å². The van der Waals surface area contributed by atoms with Gasteiger partial charge in [-0.15, -0.1) is 0 Å². The first-order chi connectivity index (χ1) is 12.9. The number of aromatic nitrogens is 3. The van der Waals surface area contributed by atoms with Crippen molar-refractivity contribution in [3.8, 4) is 16.3 Å². The molecule has 0 aliphatic carbocycles. The Balaban J connectivity index is 1.38. The van der Waals surface area contributed by atoms with Crippen molar-refractivity contribution in [3.05, 3.63) is 48.9 Å². The summed E-state index contributed by atoms with van der Waals surface area (Å²) >= 11 is 1.59. The van der Waals surface area contributed by atoms with Crippen molar-refractivity contribution >= 4 is 22.3 Å². The molecule has 0 spiro atoms. The van der Waals surface area contributed by atoms with Gasteiger partial charge < -0.3 is 15.4 Å². The fourth-order valence-corrected chi connectivity index (χ4v) is 3.74. The van der Waals surface area contributed by atoms with Crippen LogP contribution in [0.5, 0.6) is 5.88 Å². The summed E-state index contributed by atoms with van der Waals surface area (Å²) in [6.45, 7) is 2.84. The average Bonchev–Trinajstić information content (AvgIpc) is 3.17. The Bertz CT molecular complexity index is 833. The lowest BCUT2D eigenvalue weighted by Crippen LogP contribution is -2.30. The zero-order valence-electron chi connectivity index (χ0n) is 14.4. The normalized spacial score (nSPS) is 14.9. The summed E-state index contributed by atoms with van der Waals surface area (Å²) in [6.07, 6.45) is 5.69. The van der Waals surface area contributed by atoms with Gasteiger partial charge in [0, 0.05) is 12.3 Å². The van der Waals surface area contributed by atoms with Crippen molar-refractivity contribution in [3.63, 3.8) is 0 Å². The standard InChI is InChI=1S/C19H21N5OS/c1-2-4-15(5-3-1)16-11-21-19(26-16)24-17-10-18(23-13-22-17)25-12-14-6-8-20-9-7-14/h1-5,10-11,13-14,20H,6-9,12H2,(H,21,22,23,24). The molecule has 0 radical (unpaired) electrons. The fraction of sp³-hybridized carbons (Fsp3) is 0.316. The molecular formula is C19H21N5OS.